The second-order valence-corrected chi connectivity index (χ2v) is 4.20. The van der Waals surface area contributed by atoms with Crippen molar-refractivity contribution in [1.29, 1.82) is 5.26 Å². The molecule has 0 saturated heterocycles. The number of hydrogen-bond donors (Lipinski definition) is 0. The molecular weight excluding hydrogens is 194 g/mol. The van der Waals surface area contributed by atoms with Crippen molar-refractivity contribution in [2.45, 2.75) is 12.3 Å². The van der Waals surface area contributed by atoms with Crippen molar-refractivity contribution < 1.29 is 0 Å². The zero-order valence-electron chi connectivity index (χ0n) is 8.90. The highest BCUT2D eigenvalue weighted by atomic mass is 14.3. The summed E-state index contributed by atoms with van der Waals surface area (Å²) in [5.74, 6) is 0.302. The van der Waals surface area contributed by atoms with Crippen LogP contribution in [0.3, 0.4) is 0 Å². The minimum atomic E-state index is 0.302. The van der Waals surface area contributed by atoms with Crippen molar-refractivity contribution >= 4 is 10.8 Å². The summed E-state index contributed by atoms with van der Waals surface area (Å²) in [6.07, 6.45) is 2.94. The van der Waals surface area contributed by atoms with E-state index in [-0.39, 0.29) is 0 Å². The lowest BCUT2D eigenvalue weighted by molar-refractivity contribution is 0.883. The molecule has 1 nitrogen and oxygen atoms in total. The van der Waals surface area contributed by atoms with Crippen LogP contribution in [-0.2, 0) is 6.42 Å². The largest absolute Gasteiger partial charge is 0.192 e. The van der Waals surface area contributed by atoms with Gasteiger partial charge in [-0.2, -0.15) is 5.26 Å². The predicted molar refractivity (Wildman–Crippen MR) is 65.3 cm³/mol. The average Bonchev–Trinajstić information content (AvgIpc) is 2.71. The smallest absolute Gasteiger partial charge is 0.0994 e. The fourth-order valence-electron chi connectivity index (χ4n) is 2.68. The zero-order chi connectivity index (χ0) is 11.1. The highest BCUT2D eigenvalue weighted by Crippen LogP contribution is 2.40. The summed E-state index contributed by atoms with van der Waals surface area (Å²) in [6, 6.07) is 12.6. The molecule has 0 aliphatic heterocycles. The minimum absolute atomic E-state index is 0.302. The molecule has 1 atom stereocenters. The third-order valence-corrected chi connectivity index (χ3v) is 3.39. The van der Waals surface area contributed by atoms with Gasteiger partial charge in [-0.1, -0.05) is 30.3 Å². The van der Waals surface area contributed by atoms with E-state index in [2.05, 4.69) is 30.8 Å². The average molecular weight is 205 g/mol. The molecule has 1 aliphatic carbocycles. The highest BCUT2D eigenvalue weighted by Gasteiger charge is 2.24. The normalized spacial score (nSPS) is 17.3. The number of allylic oxidation sites excluding steroid dienone is 1. The van der Waals surface area contributed by atoms with Crippen molar-refractivity contribution in [1.82, 2.24) is 0 Å². The molecule has 2 aromatic rings. The third-order valence-electron chi connectivity index (χ3n) is 3.39. The first-order valence-electron chi connectivity index (χ1n) is 5.42. The van der Waals surface area contributed by atoms with E-state index in [4.69, 9.17) is 5.26 Å². The van der Waals surface area contributed by atoms with Gasteiger partial charge in [-0.25, -0.2) is 0 Å². The number of hydrogen-bond acceptors (Lipinski definition) is 1. The second-order valence-electron chi connectivity index (χ2n) is 4.20. The SMILES string of the molecule is C=C[C@H]1Cc2cccc3ccc(C#N)c1c23. The molecule has 76 valence electrons. The molecule has 0 saturated carbocycles. The van der Waals surface area contributed by atoms with Crippen LogP contribution in [0.1, 0.15) is 22.6 Å². The molecule has 1 heteroatoms. The van der Waals surface area contributed by atoms with Crippen LogP contribution in [0.4, 0.5) is 0 Å². The van der Waals surface area contributed by atoms with Gasteiger partial charge < -0.3 is 0 Å². The number of nitrogens with zero attached hydrogens (tertiary/aromatic N) is 1. The Morgan fingerprint density at radius 3 is 2.94 bits per heavy atom. The van der Waals surface area contributed by atoms with Crippen LogP contribution >= 0.6 is 0 Å². The van der Waals surface area contributed by atoms with Gasteiger partial charge in [0.05, 0.1) is 11.6 Å². The summed E-state index contributed by atoms with van der Waals surface area (Å²) in [6.45, 7) is 3.88. The molecule has 0 N–H and O–H groups in total. The molecule has 0 fully saturated rings. The Hall–Kier alpha value is -2.07. The van der Waals surface area contributed by atoms with Gasteiger partial charge in [0.2, 0.25) is 0 Å². The van der Waals surface area contributed by atoms with Crippen LogP contribution in [0.25, 0.3) is 10.8 Å². The van der Waals surface area contributed by atoms with Gasteiger partial charge in [0.1, 0.15) is 0 Å². The maximum atomic E-state index is 9.16. The van der Waals surface area contributed by atoms with Crippen LogP contribution in [-0.4, -0.2) is 0 Å². The van der Waals surface area contributed by atoms with Crippen LogP contribution in [0.2, 0.25) is 0 Å². The Morgan fingerprint density at radius 1 is 1.31 bits per heavy atom. The van der Waals surface area contributed by atoms with Gasteiger partial charge in [-0.15, -0.1) is 6.58 Å². The molecule has 3 rings (SSSR count). The number of nitriles is 1. The molecule has 0 aromatic heterocycles. The van der Waals surface area contributed by atoms with E-state index in [0.717, 1.165) is 12.0 Å². The standard InChI is InChI=1S/C15H11N/c1-2-10-8-12-5-3-4-11-6-7-13(9-16)14(10)15(11)12/h2-7,10H,1,8H2/t10-/m0/s1. The van der Waals surface area contributed by atoms with Gasteiger partial charge in [0, 0.05) is 5.92 Å². The van der Waals surface area contributed by atoms with Gasteiger partial charge in [0.15, 0.2) is 0 Å². The highest BCUT2D eigenvalue weighted by molar-refractivity contribution is 5.93. The lowest BCUT2D eigenvalue weighted by atomic mass is 9.95. The van der Waals surface area contributed by atoms with E-state index < -0.39 is 0 Å². The molecule has 0 bridgehead atoms. The summed E-state index contributed by atoms with van der Waals surface area (Å²) in [5, 5.41) is 11.7. The Kier molecular flexibility index (Phi) is 1.84. The monoisotopic (exact) mass is 205 g/mol. The molecule has 16 heavy (non-hydrogen) atoms. The van der Waals surface area contributed by atoms with Crippen molar-refractivity contribution in [2.75, 3.05) is 0 Å². The summed E-state index contributed by atoms with van der Waals surface area (Å²) >= 11 is 0. The maximum absolute atomic E-state index is 9.16. The van der Waals surface area contributed by atoms with E-state index in [1.54, 1.807) is 0 Å². The van der Waals surface area contributed by atoms with Crippen LogP contribution in [0.5, 0.6) is 0 Å². The van der Waals surface area contributed by atoms with Gasteiger partial charge in [0.25, 0.3) is 0 Å². The van der Waals surface area contributed by atoms with Gasteiger partial charge >= 0.3 is 0 Å². The topological polar surface area (TPSA) is 23.8 Å². The Bertz CT molecular complexity index is 632. The van der Waals surface area contributed by atoms with E-state index in [0.29, 0.717) is 5.92 Å². The predicted octanol–water partition coefficient (Wildman–Crippen LogP) is 3.54. The molecule has 1 aliphatic rings. The van der Waals surface area contributed by atoms with Crippen molar-refractivity contribution in [3.8, 4) is 6.07 Å². The quantitative estimate of drug-likeness (QED) is 0.653. The molecule has 0 unspecified atom stereocenters. The van der Waals surface area contributed by atoms with Crippen LogP contribution < -0.4 is 0 Å². The lowest BCUT2D eigenvalue weighted by Gasteiger charge is -2.07. The fourth-order valence-corrected chi connectivity index (χ4v) is 2.68. The Morgan fingerprint density at radius 2 is 2.19 bits per heavy atom. The Balaban J connectivity index is 2.48. The van der Waals surface area contributed by atoms with Gasteiger partial charge in [-0.3, -0.25) is 0 Å². The molecule has 0 amide bonds. The van der Waals surface area contributed by atoms with Gasteiger partial charge in [-0.05, 0) is 34.4 Å². The van der Waals surface area contributed by atoms with E-state index in [1.807, 2.05) is 18.2 Å². The third kappa shape index (κ3) is 1.05. The first kappa shape index (κ1) is 9.18. The van der Waals surface area contributed by atoms with Crippen molar-refractivity contribution in [3.63, 3.8) is 0 Å². The maximum Gasteiger partial charge on any atom is 0.0994 e. The number of rotatable bonds is 1. The Labute approximate surface area is 94.6 Å². The summed E-state index contributed by atoms with van der Waals surface area (Å²) in [4.78, 5) is 0. The molecule has 2 aromatic carbocycles. The van der Waals surface area contributed by atoms with Crippen LogP contribution in [0, 0.1) is 11.3 Å². The van der Waals surface area contributed by atoms with E-state index >= 15 is 0 Å². The van der Waals surface area contributed by atoms with Crippen molar-refractivity contribution in [2.24, 2.45) is 0 Å². The molecule has 0 radical (unpaired) electrons. The summed E-state index contributed by atoms with van der Waals surface area (Å²) in [7, 11) is 0. The van der Waals surface area contributed by atoms with Crippen LogP contribution in [0.15, 0.2) is 43.0 Å². The zero-order valence-corrected chi connectivity index (χ0v) is 8.90. The van der Waals surface area contributed by atoms with E-state index in [9.17, 15) is 0 Å². The molecule has 0 heterocycles. The fraction of sp³-hybridized carbons (Fsp3) is 0.133. The van der Waals surface area contributed by atoms with Crippen molar-refractivity contribution in [3.05, 3.63) is 59.7 Å². The van der Waals surface area contributed by atoms with E-state index in [1.165, 1.54) is 21.9 Å². The molecule has 0 spiro atoms. The first-order chi connectivity index (χ1) is 7.85. The minimum Gasteiger partial charge on any atom is -0.192 e. The lowest BCUT2D eigenvalue weighted by Crippen LogP contribution is -1.94. The summed E-state index contributed by atoms with van der Waals surface area (Å²) in [5.41, 5.74) is 3.31. The number of benzene rings is 2. The second kappa shape index (κ2) is 3.21. The first-order valence-corrected chi connectivity index (χ1v) is 5.42. The summed E-state index contributed by atoms with van der Waals surface area (Å²) < 4.78 is 0. The molecular formula is C15H11N.